The highest BCUT2D eigenvalue weighted by Gasteiger charge is 2.49. The first kappa shape index (κ1) is 15.7. The van der Waals surface area contributed by atoms with Crippen molar-refractivity contribution in [1.82, 2.24) is 0 Å². The van der Waals surface area contributed by atoms with Crippen molar-refractivity contribution in [3.63, 3.8) is 0 Å². The maximum atomic E-state index is 12.1. The highest BCUT2D eigenvalue weighted by atomic mass is 16.5. The summed E-state index contributed by atoms with van der Waals surface area (Å²) in [5.74, 6) is -2.89. The standard InChI is InChI=1S/C15H16N2O5/c1-9(18)12-11(14(19)21-2)13(15(20)22-3)17(16-12)10-7-5-4-6-8-10/h4-8,11,13H,1-3H3/t11-,13+/m1/s1. The lowest BCUT2D eigenvalue weighted by Gasteiger charge is -2.24. The summed E-state index contributed by atoms with van der Waals surface area (Å²) in [6, 6.07) is 7.70. The van der Waals surface area contributed by atoms with Gasteiger partial charge in [0.25, 0.3) is 0 Å². The summed E-state index contributed by atoms with van der Waals surface area (Å²) in [7, 11) is 2.41. The van der Waals surface area contributed by atoms with E-state index >= 15 is 0 Å². The van der Waals surface area contributed by atoms with Gasteiger partial charge in [-0.15, -0.1) is 0 Å². The molecule has 0 fully saturated rings. The van der Waals surface area contributed by atoms with Gasteiger partial charge in [-0.1, -0.05) is 18.2 Å². The van der Waals surface area contributed by atoms with Crippen LogP contribution in [0.2, 0.25) is 0 Å². The fraction of sp³-hybridized carbons (Fsp3) is 0.333. The van der Waals surface area contributed by atoms with E-state index in [-0.39, 0.29) is 5.71 Å². The van der Waals surface area contributed by atoms with E-state index in [1.807, 2.05) is 0 Å². The molecule has 0 aromatic heterocycles. The summed E-state index contributed by atoms with van der Waals surface area (Å²) < 4.78 is 9.48. The monoisotopic (exact) mass is 304 g/mol. The van der Waals surface area contributed by atoms with Gasteiger partial charge in [-0.2, -0.15) is 5.10 Å². The third kappa shape index (κ3) is 2.69. The number of ether oxygens (including phenoxy) is 2. The molecule has 1 aromatic rings. The summed E-state index contributed by atoms with van der Waals surface area (Å²) in [4.78, 5) is 36.0. The Morgan fingerprint density at radius 2 is 1.64 bits per heavy atom. The number of methoxy groups -OCH3 is 2. The van der Waals surface area contributed by atoms with E-state index < -0.39 is 29.7 Å². The molecule has 0 saturated heterocycles. The number of hydrazone groups is 1. The molecule has 0 bridgehead atoms. The zero-order valence-corrected chi connectivity index (χ0v) is 12.5. The van der Waals surface area contributed by atoms with E-state index in [1.54, 1.807) is 30.3 Å². The Balaban J connectivity index is 2.53. The van der Waals surface area contributed by atoms with Crippen LogP contribution >= 0.6 is 0 Å². The molecule has 2 atom stereocenters. The van der Waals surface area contributed by atoms with Crippen LogP contribution in [-0.2, 0) is 23.9 Å². The van der Waals surface area contributed by atoms with E-state index in [2.05, 4.69) is 5.10 Å². The molecule has 1 heterocycles. The van der Waals surface area contributed by atoms with Gasteiger partial charge >= 0.3 is 11.9 Å². The van der Waals surface area contributed by atoms with Crippen molar-refractivity contribution < 1.29 is 23.9 Å². The normalized spacial score (nSPS) is 20.3. The van der Waals surface area contributed by atoms with Gasteiger partial charge in [0, 0.05) is 6.92 Å². The van der Waals surface area contributed by atoms with Gasteiger partial charge in [-0.05, 0) is 12.1 Å². The Bertz CT molecular complexity index is 626. The topological polar surface area (TPSA) is 85.3 Å². The number of anilines is 1. The fourth-order valence-electron chi connectivity index (χ4n) is 2.34. The number of nitrogens with zero attached hydrogens (tertiary/aromatic N) is 2. The Morgan fingerprint density at radius 3 is 2.14 bits per heavy atom. The Labute approximate surface area is 127 Å². The average molecular weight is 304 g/mol. The zero-order chi connectivity index (χ0) is 16.3. The van der Waals surface area contributed by atoms with Crippen LogP contribution in [0.1, 0.15) is 6.92 Å². The molecule has 0 radical (unpaired) electrons. The molecule has 7 heteroatoms. The van der Waals surface area contributed by atoms with Crippen molar-refractivity contribution in [2.24, 2.45) is 11.0 Å². The molecule has 0 saturated carbocycles. The third-order valence-corrected chi connectivity index (χ3v) is 3.37. The first-order chi connectivity index (χ1) is 10.5. The number of hydrogen-bond acceptors (Lipinski definition) is 7. The predicted molar refractivity (Wildman–Crippen MR) is 78.3 cm³/mol. The highest BCUT2D eigenvalue weighted by Crippen LogP contribution is 2.30. The number of ketones is 1. The van der Waals surface area contributed by atoms with Gasteiger partial charge < -0.3 is 9.47 Å². The molecule has 7 nitrogen and oxygen atoms in total. The minimum absolute atomic E-state index is 0.0221. The van der Waals surface area contributed by atoms with Crippen LogP contribution in [0.25, 0.3) is 0 Å². The maximum Gasteiger partial charge on any atom is 0.332 e. The van der Waals surface area contributed by atoms with Crippen LogP contribution in [0.3, 0.4) is 0 Å². The van der Waals surface area contributed by atoms with E-state index in [0.717, 1.165) is 0 Å². The molecule has 1 aromatic carbocycles. The number of rotatable bonds is 4. The van der Waals surface area contributed by atoms with E-state index in [9.17, 15) is 14.4 Å². The molecular formula is C15H16N2O5. The number of Topliss-reactive ketones (excluding diaryl/α,β-unsaturated/α-hetero) is 1. The third-order valence-electron chi connectivity index (χ3n) is 3.37. The van der Waals surface area contributed by atoms with Crippen molar-refractivity contribution >= 4 is 29.1 Å². The average Bonchev–Trinajstić information content (AvgIpc) is 2.94. The molecule has 0 spiro atoms. The summed E-state index contributed by atoms with van der Waals surface area (Å²) in [6.07, 6.45) is 0. The van der Waals surface area contributed by atoms with Crippen LogP contribution in [0.15, 0.2) is 35.4 Å². The molecule has 116 valence electrons. The lowest BCUT2D eigenvalue weighted by atomic mass is 9.93. The number of para-hydroxylation sites is 1. The van der Waals surface area contributed by atoms with Gasteiger partial charge in [-0.25, -0.2) is 9.80 Å². The van der Waals surface area contributed by atoms with Crippen molar-refractivity contribution in [2.75, 3.05) is 19.2 Å². The number of hydrogen-bond donors (Lipinski definition) is 0. The molecule has 0 unspecified atom stereocenters. The van der Waals surface area contributed by atoms with Gasteiger partial charge in [0.15, 0.2) is 11.8 Å². The van der Waals surface area contributed by atoms with Gasteiger partial charge in [0.2, 0.25) is 0 Å². The van der Waals surface area contributed by atoms with Crippen molar-refractivity contribution in [2.45, 2.75) is 13.0 Å². The smallest absolute Gasteiger partial charge is 0.332 e. The Morgan fingerprint density at radius 1 is 1.05 bits per heavy atom. The van der Waals surface area contributed by atoms with Gasteiger partial charge in [0.05, 0.1) is 19.9 Å². The highest BCUT2D eigenvalue weighted by molar-refractivity contribution is 6.44. The molecule has 22 heavy (non-hydrogen) atoms. The van der Waals surface area contributed by atoms with E-state index in [1.165, 1.54) is 26.2 Å². The molecule has 0 aliphatic carbocycles. The minimum atomic E-state index is -1.12. The fourth-order valence-corrected chi connectivity index (χ4v) is 2.34. The number of carbonyl (C=O) groups is 3. The number of esters is 2. The van der Waals surface area contributed by atoms with Crippen LogP contribution in [0, 0.1) is 5.92 Å². The first-order valence-electron chi connectivity index (χ1n) is 6.60. The molecule has 0 amide bonds. The molecule has 2 rings (SSSR count). The number of benzene rings is 1. The van der Waals surface area contributed by atoms with Crippen LogP contribution in [-0.4, -0.2) is 43.7 Å². The number of carbonyl (C=O) groups excluding carboxylic acids is 3. The van der Waals surface area contributed by atoms with Gasteiger partial charge in [-0.3, -0.25) is 9.59 Å². The van der Waals surface area contributed by atoms with E-state index in [0.29, 0.717) is 5.69 Å². The minimum Gasteiger partial charge on any atom is -0.468 e. The summed E-state index contributed by atoms with van der Waals surface area (Å²) in [5.41, 5.74) is 0.550. The summed E-state index contributed by atoms with van der Waals surface area (Å²) in [6.45, 7) is 1.29. The van der Waals surface area contributed by atoms with Crippen LogP contribution in [0.5, 0.6) is 0 Å². The second kappa shape index (κ2) is 6.38. The molecule has 0 N–H and O–H groups in total. The SMILES string of the molecule is COC(=O)[C@@H]1C(C(C)=O)=NN(c2ccccc2)[C@@H]1C(=O)OC. The maximum absolute atomic E-state index is 12.1. The summed E-state index contributed by atoms with van der Waals surface area (Å²) >= 11 is 0. The van der Waals surface area contributed by atoms with E-state index in [4.69, 9.17) is 9.47 Å². The lowest BCUT2D eigenvalue weighted by molar-refractivity contribution is -0.150. The quantitative estimate of drug-likeness (QED) is 0.764. The Kier molecular flexibility index (Phi) is 4.55. The summed E-state index contributed by atoms with van der Waals surface area (Å²) in [5, 5.41) is 5.48. The second-order valence-corrected chi connectivity index (χ2v) is 4.69. The van der Waals surface area contributed by atoms with Crippen molar-refractivity contribution in [3.8, 4) is 0 Å². The molecular weight excluding hydrogens is 288 g/mol. The zero-order valence-electron chi connectivity index (χ0n) is 12.5. The Hall–Kier alpha value is -2.70. The van der Waals surface area contributed by atoms with Crippen molar-refractivity contribution in [3.05, 3.63) is 30.3 Å². The lowest BCUT2D eigenvalue weighted by Crippen LogP contribution is -2.45. The molecule has 1 aliphatic rings. The predicted octanol–water partition coefficient (Wildman–Crippen LogP) is 0.782. The largest absolute Gasteiger partial charge is 0.468 e. The second-order valence-electron chi connectivity index (χ2n) is 4.69. The van der Waals surface area contributed by atoms with Crippen LogP contribution in [0.4, 0.5) is 5.69 Å². The van der Waals surface area contributed by atoms with Gasteiger partial charge in [0.1, 0.15) is 11.6 Å². The first-order valence-corrected chi connectivity index (χ1v) is 6.60. The van der Waals surface area contributed by atoms with Crippen LogP contribution < -0.4 is 5.01 Å². The molecule has 1 aliphatic heterocycles. The van der Waals surface area contributed by atoms with Crippen molar-refractivity contribution in [1.29, 1.82) is 0 Å².